The van der Waals surface area contributed by atoms with Crippen molar-refractivity contribution in [2.45, 2.75) is 200 Å². The lowest BCUT2D eigenvalue weighted by atomic mass is 10.0. The van der Waals surface area contributed by atoms with Gasteiger partial charge in [-0.15, -0.1) is 0 Å². The number of carbonyl (C=O) groups excluding carboxylic acids is 1. The second kappa shape index (κ2) is 29.7. The first-order valence-corrected chi connectivity index (χ1v) is 15.8. The van der Waals surface area contributed by atoms with Crippen LogP contribution in [0, 0.1) is 0 Å². The van der Waals surface area contributed by atoms with Crippen LogP contribution < -0.4 is 0 Å². The molecular weight excluding hydrogens is 400 g/mol. The van der Waals surface area contributed by atoms with Crippen LogP contribution in [0.4, 0.5) is 0 Å². The second-order valence-corrected chi connectivity index (χ2v) is 10.8. The highest BCUT2D eigenvalue weighted by molar-refractivity contribution is 5.77. The maximum atomic E-state index is 11.3. The van der Waals surface area contributed by atoms with Gasteiger partial charge in [0.25, 0.3) is 0 Å². The number of ketones is 1. The largest absolute Gasteiger partial charge is 0.300 e. The quantitative estimate of drug-likeness (QED) is 0.101. The molecule has 0 saturated carbocycles. The molecule has 33 heavy (non-hydrogen) atoms. The normalized spacial score (nSPS) is 11.3. The molecule has 0 unspecified atom stereocenters. The van der Waals surface area contributed by atoms with Gasteiger partial charge in [0.1, 0.15) is 5.78 Å². The van der Waals surface area contributed by atoms with Crippen molar-refractivity contribution in [2.75, 3.05) is 0 Å². The van der Waals surface area contributed by atoms with Gasteiger partial charge in [-0.25, -0.2) is 0 Å². The van der Waals surface area contributed by atoms with Crippen molar-refractivity contribution in [3.8, 4) is 0 Å². The Morgan fingerprint density at radius 2 is 0.545 bits per heavy atom. The molecule has 0 aliphatic rings. The fraction of sp³-hybridized carbons (Fsp3) is 0.969. The molecule has 0 N–H and O–H groups in total. The smallest absolute Gasteiger partial charge is 0.132 e. The third-order valence-electron chi connectivity index (χ3n) is 7.45. The predicted molar refractivity (Wildman–Crippen MR) is 150 cm³/mol. The van der Waals surface area contributed by atoms with Gasteiger partial charge in [-0.3, -0.25) is 4.79 Å². The fourth-order valence-electron chi connectivity index (χ4n) is 4.99. The SMILES string of the molecule is CCCCCCCCCCCCCCCCCCCCCCCCCCCCCC(=O)CC. The number of Topliss-reactive ketones (excluding diaryl/α,β-unsaturated/α-hetero) is 1. The van der Waals surface area contributed by atoms with Gasteiger partial charge < -0.3 is 0 Å². The number of rotatable bonds is 29. The third kappa shape index (κ3) is 29.6. The highest BCUT2D eigenvalue weighted by Crippen LogP contribution is 2.16. The van der Waals surface area contributed by atoms with Crippen LogP contribution in [0.15, 0.2) is 0 Å². The van der Waals surface area contributed by atoms with Gasteiger partial charge in [-0.1, -0.05) is 181 Å². The van der Waals surface area contributed by atoms with Gasteiger partial charge in [0, 0.05) is 12.8 Å². The van der Waals surface area contributed by atoms with Crippen molar-refractivity contribution in [1.29, 1.82) is 0 Å². The molecule has 0 saturated heterocycles. The van der Waals surface area contributed by atoms with E-state index in [9.17, 15) is 4.79 Å². The van der Waals surface area contributed by atoms with E-state index in [1.807, 2.05) is 6.92 Å². The van der Waals surface area contributed by atoms with E-state index in [0.717, 1.165) is 19.3 Å². The monoisotopic (exact) mass is 464 g/mol. The van der Waals surface area contributed by atoms with Crippen LogP contribution in [0.25, 0.3) is 0 Å². The Morgan fingerprint density at radius 3 is 0.758 bits per heavy atom. The summed E-state index contributed by atoms with van der Waals surface area (Å²) in [5, 5.41) is 0. The number of carbonyl (C=O) groups is 1. The minimum atomic E-state index is 0.439. The van der Waals surface area contributed by atoms with Gasteiger partial charge in [0.05, 0.1) is 0 Å². The van der Waals surface area contributed by atoms with Crippen LogP contribution in [0.5, 0.6) is 0 Å². The lowest BCUT2D eigenvalue weighted by Gasteiger charge is -2.04. The Balaban J connectivity index is 3.02. The zero-order chi connectivity index (χ0) is 24.1. The van der Waals surface area contributed by atoms with E-state index in [1.54, 1.807) is 0 Å². The summed E-state index contributed by atoms with van der Waals surface area (Å²) >= 11 is 0. The van der Waals surface area contributed by atoms with E-state index in [2.05, 4.69) is 6.92 Å². The number of hydrogen-bond acceptors (Lipinski definition) is 1. The molecule has 0 rings (SSSR count). The van der Waals surface area contributed by atoms with E-state index in [0.29, 0.717) is 5.78 Å². The summed E-state index contributed by atoms with van der Waals surface area (Å²) in [6, 6.07) is 0. The molecule has 0 radical (unpaired) electrons. The Bertz CT molecular complexity index is 362. The van der Waals surface area contributed by atoms with Crippen LogP contribution in [-0.2, 0) is 4.79 Å². The van der Waals surface area contributed by atoms with E-state index >= 15 is 0 Å². The summed E-state index contributed by atoms with van der Waals surface area (Å²) < 4.78 is 0. The first kappa shape index (κ1) is 32.7. The van der Waals surface area contributed by atoms with Crippen molar-refractivity contribution in [2.24, 2.45) is 0 Å². The molecule has 0 aromatic heterocycles. The molecule has 0 bridgehead atoms. The average Bonchev–Trinajstić information content (AvgIpc) is 2.83. The molecule has 0 aromatic carbocycles. The molecule has 0 heterocycles. The average molecular weight is 465 g/mol. The maximum absolute atomic E-state index is 11.3. The van der Waals surface area contributed by atoms with Crippen molar-refractivity contribution in [3.63, 3.8) is 0 Å². The molecule has 1 nitrogen and oxygen atoms in total. The molecule has 0 aliphatic carbocycles. The summed E-state index contributed by atoms with van der Waals surface area (Å²) in [4.78, 5) is 11.3. The van der Waals surface area contributed by atoms with Gasteiger partial charge in [0.2, 0.25) is 0 Å². The van der Waals surface area contributed by atoms with Crippen LogP contribution in [0.3, 0.4) is 0 Å². The van der Waals surface area contributed by atoms with Crippen molar-refractivity contribution >= 4 is 5.78 Å². The Labute approximate surface area is 210 Å². The van der Waals surface area contributed by atoms with Gasteiger partial charge in [-0.2, -0.15) is 0 Å². The van der Waals surface area contributed by atoms with Gasteiger partial charge >= 0.3 is 0 Å². The van der Waals surface area contributed by atoms with Crippen molar-refractivity contribution in [1.82, 2.24) is 0 Å². The second-order valence-electron chi connectivity index (χ2n) is 10.8. The third-order valence-corrected chi connectivity index (χ3v) is 7.45. The standard InChI is InChI=1S/C32H64O/c1-3-5-6-7-8-9-10-11-12-13-14-15-16-17-18-19-20-21-22-23-24-25-26-27-28-29-30-31-32(33)4-2/h3-31H2,1-2H3. The van der Waals surface area contributed by atoms with E-state index < -0.39 is 0 Å². The van der Waals surface area contributed by atoms with Gasteiger partial charge in [-0.05, 0) is 6.42 Å². The molecule has 0 aromatic rings. The molecule has 0 spiro atoms. The van der Waals surface area contributed by atoms with E-state index in [1.165, 1.54) is 167 Å². The predicted octanol–water partition coefficient (Wildman–Crippen LogP) is 11.9. The highest BCUT2D eigenvalue weighted by Gasteiger charge is 1.98. The highest BCUT2D eigenvalue weighted by atomic mass is 16.1. The topological polar surface area (TPSA) is 17.1 Å². The first-order chi connectivity index (χ1) is 16.3. The van der Waals surface area contributed by atoms with Crippen molar-refractivity contribution < 1.29 is 4.79 Å². The summed E-state index contributed by atoms with van der Waals surface area (Å²) in [7, 11) is 0. The molecule has 0 aliphatic heterocycles. The lowest BCUT2D eigenvalue weighted by molar-refractivity contribution is -0.118. The van der Waals surface area contributed by atoms with Crippen molar-refractivity contribution in [3.05, 3.63) is 0 Å². The Hall–Kier alpha value is -0.330. The lowest BCUT2D eigenvalue weighted by Crippen LogP contribution is -1.94. The minimum absolute atomic E-state index is 0.439. The Morgan fingerprint density at radius 1 is 0.333 bits per heavy atom. The van der Waals surface area contributed by atoms with E-state index in [-0.39, 0.29) is 0 Å². The number of hydrogen-bond donors (Lipinski definition) is 0. The summed E-state index contributed by atoms with van der Waals surface area (Å²) in [5.74, 6) is 0.439. The molecule has 1 heteroatoms. The molecular formula is C32H64O. The Kier molecular flexibility index (Phi) is 29.4. The summed E-state index contributed by atoms with van der Waals surface area (Å²) in [6.07, 6.45) is 40.2. The maximum Gasteiger partial charge on any atom is 0.132 e. The first-order valence-electron chi connectivity index (χ1n) is 15.8. The summed E-state index contributed by atoms with van der Waals surface area (Å²) in [5.41, 5.74) is 0. The number of unbranched alkanes of at least 4 members (excludes halogenated alkanes) is 26. The molecule has 198 valence electrons. The molecule has 0 amide bonds. The molecule has 0 atom stereocenters. The van der Waals surface area contributed by atoms with E-state index in [4.69, 9.17) is 0 Å². The van der Waals surface area contributed by atoms with Crippen LogP contribution >= 0.6 is 0 Å². The molecule has 0 fully saturated rings. The minimum Gasteiger partial charge on any atom is -0.300 e. The fourth-order valence-corrected chi connectivity index (χ4v) is 4.99. The van der Waals surface area contributed by atoms with Crippen LogP contribution in [0.2, 0.25) is 0 Å². The van der Waals surface area contributed by atoms with Crippen LogP contribution in [0.1, 0.15) is 200 Å². The van der Waals surface area contributed by atoms with Crippen LogP contribution in [-0.4, -0.2) is 5.78 Å². The zero-order valence-electron chi connectivity index (χ0n) is 23.4. The van der Waals surface area contributed by atoms with Gasteiger partial charge in [0.15, 0.2) is 0 Å². The zero-order valence-corrected chi connectivity index (χ0v) is 23.4. The summed E-state index contributed by atoms with van der Waals surface area (Å²) in [6.45, 7) is 4.28.